The Morgan fingerprint density at radius 2 is 1.89 bits per heavy atom. The van der Waals surface area contributed by atoms with Crippen LogP contribution in [0.25, 0.3) is 11.5 Å². The van der Waals surface area contributed by atoms with Crippen LogP contribution in [0.3, 0.4) is 0 Å². The highest BCUT2D eigenvalue weighted by molar-refractivity contribution is 7.89. The van der Waals surface area contributed by atoms with Crippen molar-refractivity contribution in [3.63, 3.8) is 0 Å². The minimum atomic E-state index is -3.87. The van der Waals surface area contributed by atoms with Crippen LogP contribution >= 0.6 is 0 Å². The van der Waals surface area contributed by atoms with Gasteiger partial charge in [0.25, 0.3) is 11.2 Å². The first-order valence-electron chi connectivity index (χ1n) is 7.73. The van der Waals surface area contributed by atoms with Crippen LogP contribution in [0.15, 0.2) is 68.9 Å². The Balaban J connectivity index is 1.69. The lowest BCUT2D eigenvalue weighted by Crippen LogP contribution is -2.32. The standard InChI is InChI=1S/C16H14N4O6S/c21-16-8-7-14(15-2-1-11-26-15)18-19(16)10-9-17-27(24,25)13-5-3-12(4-6-13)20(22)23/h1-8,11,17H,9-10H2. The molecule has 10 nitrogen and oxygen atoms in total. The van der Waals surface area contributed by atoms with Crippen molar-refractivity contribution < 1.29 is 17.8 Å². The number of rotatable bonds is 7. The van der Waals surface area contributed by atoms with Gasteiger partial charge in [-0.25, -0.2) is 17.8 Å². The van der Waals surface area contributed by atoms with Crippen molar-refractivity contribution in [1.82, 2.24) is 14.5 Å². The molecule has 2 aromatic heterocycles. The van der Waals surface area contributed by atoms with Crippen LogP contribution in [0.2, 0.25) is 0 Å². The number of non-ortho nitro benzene ring substituents is 1. The number of nitrogens with zero attached hydrogens (tertiary/aromatic N) is 3. The van der Waals surface area contributed by atoms with Gasteiger partial charge < -0.3 is 4.42 Å². The number of sulfonamides is 1. The van der Waals surface area contributed by atoms with Gasteiger partial charge in [-0.2, -0.15) is 5.10 Å². The molecular formula is C16H14N4O6S. The molecule has 3 aromatic rings. The van der Waals surface area contributed by atoms with Gasteiger partial charge in [0.2, 0.25) is 10.0 Å². The SMILES string of the molecule is O=c1ccc(-c2ccco2)nn1CCNS(=O)(=O)c1ccc([N+](=O)[O-])cc1. The van der Waals surface area contributed by atoms with Crippen LogP contribution in [0.4, 0.5) is 5.69 Å². The summed E-state index contributed by atoms with van der Waals surface area (Å²) in [4.78, 5) is 21.8. The van der Waals surface area contributed by atoms with Crippen molar-refractivity contribution in [2.45, 2.75) is 11.4 Å². The third kappa shape index (κ3) is 4.27. The summed E-state index contributed by atoms with van der Waals surface area (Å²) in [5, 5.41) is 14.8. The van der Waals surface area contributed by atoms with Crippen molar-refractivity contribution in [1.29, 1.82) is 0 Å². The van der Waals surface area contributed by atoms with Crippen LogP contribution in [0.1, 0.15) is 0 Å². The average molecular weight is 390 g/mol. The minimum Gasteiger partial charge on any atom is -0.463 e. The van der Waals surface area contributed by atoms with E-state index < -0.39 is 14.9 Å². The maximum Gasteiger partial charge on any atom is 0.269 e. The molecule has 0 atom stereocenters. The van der Waals surface area contributed by atoms with Crippen LogP contribution in [-0.2, 0) is 16.6 Å². The Labute approximate surface area is 153 Å². The second kappa shape index (κ2) is 7.51. The van der Waals surface area contributed by atoms with E-state index in [-0.39, 0.29) is 29.2 Å². The summed E-state index contributed by atoms with van der Waals surface area (Å²) >= 11 is 0. The zero-order valence-electron chi connectivity index (χ0n) is 13.8. The number of aromatic nitrogens is 2. The first-order chi connectivity index (χ1) is 12.9. The molecule has 11 heteroatoms. The zero-order chi connectivity index (χ0) is 19.4. The number of nitro benzene ring substituents is 1. The summed E-state index contributed by atoms with van der Waals surface area (Å²) in [6.45, 7) is -0.0899. The molecule has 0 unspecified atom stereocenters. The second-order valence-electron chi connectivity index (χ2n) is 5.41. The molecule has 0 saturated heterocycles. The molecule has 0 saturated carbocycles. The summed E-state index contributed by atoms with van der Waals surface area (Å²) in [6.07, 6.45) is 1.48. The van der Waals surface area contributed by atoms with Gasteiger partial charge in [0.15, 0.2) is 5.76 Å². The number of furan rings is 1. The van der Waals surface area contributed by atoms with Crippen LogP contribution in [0, 0.1) is 10.1 Å². The van der Waals surface area contributed by atoms with E-state index in [0.717, 1.165) is 28.9 Å². The van der Waals surface area contributed by atoms with Gasteiger partial charge in [0, 0.05) is 24.7 Å². The van der Waals surface area contributed by atoms with Gasteiger partial charge in [-0.1, -0.05) is 0 Å². The molecule has 0 aliphatic rings. The Hall–Kier alpha value is -3.31. The smallest absolute Gasteiger partial charge is 0.269 e. The zero-order valence-corrected chi connectivity index (χ0v) is 14.6. The molecule has 3 rings (SSSR count). The quantitative estimate of drug-likeness (QED) is 0.475. The molecule has 0 spiro atoms. The van der Waals surface area contributed by atoms with Gasteiger partial charge in [-0.3, -0.25) is 14.9 Å². The number of nitrogens with one attached hydrogen (secondary N) is 1. The normalized spacial score (nSPS) is 11.4. The van der Waals surface area contributed by atoms with Crippen molar-refractivity contribution in [3.8, 4) is 11.5 Å². The van der Waals surface area contributed by atoms with E-state index >= 15 is 0 Å². The molecule has 27 heavy (non-hydrogen) atoms. The van der Waals surface area contributed by atoms with E-state index in [2.05, 4.69) is 9.82 Å². The first kappa shape index (κ1) is 18.5. The fourth-order valence-corrected chi connectivity index (χ4v) is 3.30. The van der Waals surface area contributed by atoms with Gasteiger partial charge in [-0.05, 0) is 30.3 Å². The van der Waals surface area contributed by atoms with Crippen molar-refractivity contribution >= 4 is 15.7 Å². The van der Waals surface area contributed by atoms with Crippen LogP contribution < -0.4 is 10.3 Å². The fraction of sp³-hybridized carbons (Fsp3) is 0.125. The first-order valence-corrected chi connectivity index (χ1v) is 9.21. The number of hydrogen-bond donors (Lipinski definition) is 1. The minimum absolute atomic E-state index is 0.000404. The highest BCUT2D eigenvalue weighted by Crippen LogP contribution is 2.16. The third-order valence-corrected chi connectivity index (χ3v) is 5.09. The average Bonchev–Trinajstić information content (AvgIpc) is 3.18. The van der Waals surface area contributed by atoms with Crippen LogP contribution in [-0.4, -0.2) is 29.7 Å². The molecule has 0 aliphatic heterocycles. The molecule has 140 valence electrons. The van der Waals surface area contributed by atoms with Gasteiger partial charge in [0.05, 0.1) is 22.6 Å². The lowest BCUT2D eigenvalue weighted by molar-refractivity contribution is -0.384. The lowest BCUT2D eigenvalue weighted by atomic mass is 10.3. The summed E-state index contributed by atoms with van der Waals surface area (Å²) in [6, 6.07) is 10.7. The molecule has 1 aromatic carbocycles. The van der Waals surface area contributed by atoms with E-state index in [1.54, 1.807) is 12.1 Å². The highest BCUT2D eigenvalue weighted by atomic mass is 32.2. The Morgan fingerprint density at radius 3 is 2.52 bits per heavy atom. The third-order valence-electron chi connectivity index (χ3n) is 3.61. The monoisotopic (exact) mass is 390 g/mol. The number of nitro groups is 1. The molecule has 0 aliphatic carbocycles. The molecule has 0 amide bonds. The summed E-state index contributed by atoms with van der Waals surface area (Å²) < 4.78 is 33.2. The number of hydrogen-bond acceptors (Lipinski definition) is 7. The summed E-state index contributed by atoms with van der Waals surface area (Å²) in [5.74, 6) is 0.482. The molecule has 2 heterocycles. The van der Waals surface area contributed by atoms with Crippen LogP contribution in [0.5, 0.6) is 0 Å². The number of benzene rings is 1. The molecule has 0 bridgehead atoms. The van der Waals surface area contributed by atoms with Gasteiger partial charge in [-0.15, -0.1) is 0 Å². The summed E-state index contributed by atoms with van der Waals surface area (Å²) in [7, 11) is -3.87. The van der Waals surface area contributed by atoms with E-state index in [0.29, 0.717) is 11.5 Å². The maximum absolute atomic E-state index is 12.2. The van der Waals surface area contributed by atoms with E-state index in [1.807, 2.05) is 0 Å². The molecule has 0 radical (unpaired) electrons. The van der Waals surface area contributed by atoms with E-state index in [1.165, 1.54) is 18.4 Å². The van der Waals surface area contributed by atoms with Gasteiger partial charge in [0.1, 0.15) is 5.69 Å². The maximum atomic E-state index is 12.2. The predicted molar refractivity (Wildman–Crippen MR) is 94.5 cm³/mol. The van der Waals surface area contributed by atoms with E-state index in [9.17, 15) is 23.3 Å². The summed E-state index contributed by atoms with van der Waals surface area (Å²) in [5.41, 5.74) is -0.155. The Kier molecular flexibility index (Phi) is 5.14. The van der Waals surface area contributed by atoms with Crippen molar-refractivity contribution in [2.75, 3.05) is 6.54 Å². The van der Waals surface area contributed by atoms with Crippen molar-refractivity contribution in [3.05, 3.63) is 75.3 Å². The highest BCUT2D eigenvalue weighted by Gasteiger charge is 2.15. The van der Waals surface area contributed by atoms with Gasteiger partial charge >= 0.3 is 0 Å². The Bertz CT molecular complexity index is 1100. The molecular weight excluding hydrogens is 376 g/mol. The molecule has 1 N–H and O–H groups in total. The molecule has 0 fully saturated rings. The largest absolute Gasteiger partial charge is 0.463 e. The van der Waals surface area contributed by atoms with Crippen molar-refractivity contribution in [2.24, 2.45) is 0 Å². The topological polar surface area (TPSA) is 137 Å². The Morgan fingerprint density at radius 1 is 1.15 bits per heavy atom. The second-order valence-corrected chi connectivity index (χ2v) is 7.17. The lowest BCUT2D eigenvalue weighted by Gasteiger charge is -2.08. The van der Waals surface area contributed by atoms with E-state index in [4.69, 9.17) is 4.42 Å². The fourth-order valence-electron chi connectivity index (χ4n) is 2.28. The predicted octanol–water partition coefficient (Wildman–Crippen LogP) is 1.39.